The highest BCUT2D eigenvalue weighted by Crippen LogP contribution is 2.11. The van der Waals surface area contributed by atoms with Crippen LogP contribution in [-0.4, -0.2) is 51.1 Å². The molecule has 1 aromatic heterocycles. The molecule has 1 aliphatic rings. The highest BCUT2D eigenvalue weighted by molar-refractivity contribution is 5.84. The number of nitrogens with one attached hydrogen (secondary N) is 2. The van der Waals surface area contributed by atoms with Crippen molar-refractivity contribution in [2.45, 2.75) is 44.7 Å². The molecule has 1 atom stereocenters. The third-order valence-corrected chi connectivity index (χ3v) is 3.55. The molecule has 0 saturated carbocycles. The minimum atomic E-state index is -1.11. The number of aromatic carboxylic acids is 1. The van der Waals surface area contributed by atoms with E-state index >= 15 is 0 Å². The van der Waals surface area contributed by atoms with Crippen molar-refractivity contribution in [3.8, 4) is 0 Å². The van der Waals surface area contributed by atoms with E-state index in [0.29, 0.717) is 25.6 Å². The Balaban J connectivity index is 1.61. The molecule has 2 rings (SSSR count). The maximum Gasteiger partial charge on any atom is 0.358 e. The molecule has 0 spiro atoms. The summed E-state index contributed by atoms with van der Waals surface area (Å²) in [5.41, 5.74) is -0.0929. The van der Waals surface area contributed by atoms with Gasteiger partial charge < -0.3 is 15.7 Å². The first-order chi connectivity index (χ1) is 10.1. The molecule has 0 radical (unpaired) electrons. The van der Waals surface area contributed by atoms with Crippen molar-refractivity contribution in [2.75, 3.05) is 13.1 Å². The van der Waals surface area contributed by atoms with Gasteiger partial charge in [0, 0.05) is 19.0 Å². The number of hydrogen-bond donors (Lipinski definition) is 3. The summed E-state index contributed by atoms with van der Waals surface area (Å²) in [6, 6.07) is 0.456. The molecule has 21 heavy (non-hydrogen) atoms. The van der Waals surface area contributed by atoms with E-state index in [2.05, 4.69) is 20.9 Å². The van der Waals surface area contributed by atoms with Crippen LogP contribution >= 0.6 is 0 Å². The Morgan fingerprint density at radius 2 is 2.33 bits per heavy atom. The molecular weight excluding hydrogens is 274 g/mol. The molecule has 116 valence electrons. The Bertz CT molecular complexity index is 482. The van der Waals surface area contributed by atoms with Gasteiger partial charge >= 0.3 is 5.97 Å². The van der Waals surface area contributed by atoms with Crippen molar-refractivity contribution in [1.29, 1.82) is 0 Å². The van der Waals surface area contributed by atoms with Crippen molar-refractivity contribution in [3.05, 3.63) is 11.9 Å². The maximum atomic E-state index is 11.7. The number of carboxylic acids is 1. The normalized spacial score (nSPS) is 18.4. The van der Waals surface area contributed by atoms with E-state index in [1.54, 1.807) is 0 Å². The Hall–Kier alpha value is -1.96. The highest BCUT2D eigenvalue weighted by atomic mass is 16.4. The molecular formula is C13H21N5O3. The molecule has 0 aromatic carbocycles. The van der Waals surface area contributed by atoms with Gasteiger partial charge in [0.15, 0.2) is 5.69 Å². The number of aromatic nitrogens is 3. The average molecular weight is 295 g/mol. The molecule has 8 heteroatoms. The standard InChI is InChI=1S/C13H21N5O3/c19-12(5-4-10-3-1-2-6-14-10)15-7-8-18-9-11(13(20)21)16-17-18/h9-10,14H,1-8H2,(H,15,19)(H,20,21). The second-order valence-corrected chi connectivity index (χ2v) is 5.21. The third kappa shape index (κ3) is 5.14. The van der Waals surface area contributed by atoms with Crippen molar-refractivity contribution >= 4 is 11.9 Å². The minimum absolute atomic E-state index is 0.0148. The number of hydrogen-bond acceptors (Lipinski definition) is 5. The van der Waals surface area contributed by atoms with E-state index in [0.717, 1.165) is 19.4 Å². The van der Waals surface area contributed by atoms with Gasteiger partial charge in [-0.3, -0.25) is 4.79 Å². The van der Waals surface area contributed by atoms with E-state index in [1.165, 1.54) is 23.7 Å². The molecule has 1 amide bonds. The van der Waals surface area contributed by atoms with Gasteiger partial charge in [0.25, 0.3) is 0 Å². The Kier molecular flexibility index (Phi) is 5.68. The van der Waals surface area contributed by atoms with Gasteiger partial charge in [-0.2, -0.15) is 0 Å². The number of piperidine rings is 1. The average Bonchev–Trinajstić information content (AvgIpc) is 2.95. The molecule has 1 fully saturated rings. The Labute approximate surface area is 122 Å². The Morgan fingerprint density at radius 1 is 1.48 bits per heavy atom. The fourth-order valence-corrected chi connectivity index (χ4v) is 2.38. The molecule has 3 N–H and O–H groups in total. The van der Waals surface area contributed by atoms with Crippen molar-refractivity contribution in [1.82, 2.24) is 25.6 Å². The van der Waals surface area contributed by atoms with Gasteiger partial charge in [0.1, 0.15) is 0 Å². The highest BCUT2D eigenvalue weighted by Gasteiger charge is 2.14. The predicted molar refractivity (Wildman–Crippen MR) is 74.9 cm³/mol. The molecule has 8 nitrogen and oxygen atoms in total. The lowest BCUT2D eigenvalue weighted by molar-refractivity contribution is -0.121. The monoisotopic (exact) mass is 295 g/mol. The Morgan fingerprint density at radius 3 is 3.00 bits per heavy atom. The first kappa shape index (κ1) is 15.4. The zero-order valence-corrected chi connectivity index (χ0v) is 11.9. The largest absolute Gasteiger partial charge is 0.476 e. The maximum absolute atomic E-state index is 11.7. The number of amides is 1. The summed E-state index contributed by atoms with van der Waals surface area (Å²) in [6.45, 7) is 1.87. The smallest absolute Gasteiger partial charge is 0.358 e. The number of rotatable bonds is 7. The SMILES string of the molecule is O=C(CCC1CCCCN1)NCCn1cc(C(=O)O)nn1. The van der Waals surface area contributed by atoms with Crippen LogP contribution in [-0.2, 0) is 11.3 Å². The first-order valence-electron chi connectivity index (χ1n) is 7.28. The van der Waals surface area contributed by atoms with Crippen molar-refractivity contribution in [2.24, 2.45) is 0 Å². The summed E-state index contributed by atoms with van der Waals surface area (Å²) >= 11 is 0. The number of nitrogens with zero attached hydrogens (tertiary/aromatic N) is 3. The molecule has 0 bridgehead atoms. The molecule has 1 aliphatic heterocycles. The number of carbonyl (C=O) groups excluding carboxylic acids is 1. The lowest BCUT2D eigenvalue weighted by Crippen LogP contribution is -2.35. The van der Waals surface area contributed by atoms with E-state index in [4.69, 9.17) is 5.11 Å². The fraction of sp³-hybridized carbons (Fsp3) is 0.692. The molecule has 1 aromatic rings. The third-order valence-electron chi connectivity index (χ3n) is 3.55. The van der Waals surface area contributed by atoms with Gasteiger partial charge in [-0.25, -0.2) is 9.48 Å². The summed E-state index contributed by atoms with van der Waals surface area (Å²) in [5, 5.41) is 22.1. The number of carbonyl (C=O) groups is 2. The topological polar surface area (TPSA) is 109 Å². The van der Waals surface area contributed by atoms with Crippen LogP contribution in [0.3, 0.4) is 0 Å². The van der Waals surface area contributed by atoms with Crippen LogP contribution in [0.4, 0.5) is 0 Å². The molecule has 2 heterocycles. The summed E-state index contributed by atoms with van der Waals surface area (Å²) in [4.78, 5) is 22.4. The van der Waals surface area contributed by atoms with Crippen LogP contribution < -0.4 is 10.6 Å². The van der Waals surface area contributed by atoms with Crippen molar-refractivity contribution < 1.29 is 14.7 Å². The molecule has 1 unspecified atom stereocenters. The van der Waals surface area contributed by atoms with Crippen molar-refractivity contribution in [3.63, 3.8) is 0 Å². The lowest BCUT2D eigenvalue weighted by Gasteiger charge is -2.23. The summed E-state index contributed by atoms with van der Waals surface area (Å²) in [7, 11) is 0. The number of carboxylic acid groups (broad SMARTS) is 1. The molecule has 1 saturated heterocycles. The van der Waals surface area contributed by atoms with Gasteiger partial charge in [0.2, 0.25) is 5.91 Å². The second kappa shape index (κ2) is 7.72. The fourth-order valence-electron chi connectivity index (χ4n) is 2.38. The minimum Gasteiger partial charge on any atom is -0.476 e. The van der Waals surface area contributed by atoms with Crippen LogP contribution in [0.2, 0.25) is 0 Å². The lowest BCUT2D eigenvalue weighted by atomic mass is 10.0. The van der Waals surface area contributed by atoms with E-state index < -0.39 is 5.97 Å². The second-order valence-electron chi connectivity index (χ2n) is 5.21. The zero-order chi connectivity index (χ0) is 15.1. The van der Waals surface area contributed by atoms with Crippen LogP contribution in [0.25, 0.3) is 0 Å². The van der Waals surface area contributed by atoms with Gasteiger partial charge in [-0.1, -0.05) is 11.6 Å². The van der Waals surface area contributed by atoms with E-state index in [1.807, 2.05) is 0 Å². The van der Waals surface area contributed by atoms with Gasteiger partial charge in [-0.15, -0.1) is 5.10 Å². The first-order valence-corrected chi connectivity index (χ1v) is 7.28. The quantitative estimate of drug-likeness (QED) is 0.654. The van der Waals surface area contributed by atoms with Gasteiger partial charge in [0.05, 0.1) is 12.7 Å². The summed E-state index contributed by atoms with van der Waals surface area (Å²) in [5.74, 6) is -1.09. The van der Waals surface area contributed by atoms with E-state index in [-0.39, 0.29) is 11.6 Å². The predicted octanol–water partition coefficient (Wildman–Crippen LogP) is 0.0148. The van der Waals surface area contributed by atoms with Crippen LogP contribution in [0.15, 0.2) is 6.20 Å². The van der Waals surface area contributed by atoms with E-state index in [9.17, 15) is 9.59 Å². The molecule has 0 aliphatic carbocycles. The van der Waals surface area contributed by atoms with Gasteiger partial charge in [-0.05, 0) is 25.8 Å². The van der Waals surface area contributed by atoms with Crippen LogP contribution in [0.1, 0.15) is 42.6 Å². The van der Waals surface area contributed by atoms with Crippen LogP contribution in [0, 0.1) is 0 Å². The summed E-state index contributed by atoms with van der Waals surface area (Å²) < 4.78 is 1.41. The summed E-state index contributed by atoms with van der Waals surface area (Å²) in [6.07, 6.45) is 6.31. The zero-order valence-electron chi connectivity index (χ0n) is 11.9. The van der Waals surface area contributed by atoms with Crippen LogP contribution in [0.5, 0.6) is 0 Å².